The van der Waals surface area contributed by atoms with Gasteiger partial charge in [0, 0.05) is 17.2 Å². The maximum Gasteiger partial charge on any atom is 0.293 e. The Morgan fingerprint density at radius 2 is 1.89 bits per heavy atom. The van der Waals surface area contributed by atoms with E-state index in [0.29, 0.717) is 33.9 Å². The van der Waals surface area contributed by atoms with E-state index in [1.54, 1.807) is 55.5 Å². The highest BCUT2D eigenvalue weighted by Gasteiger charge is 2.24. The number of aryl methyl sites for hydroxylation is 1. The normalized spacial score (nSPS) is 11.0. The van der Waals surface area contributed by atoms with Gasteiger partial charge in [-0.05, 0) is 65.3 Å². The molecule has 16 nitrogen and oxygen atoms in total. The van der Waals surface area contributed by atoms with Crippen LogP contribution in [0.2, 0.25) is 0 Å². The van der Waals surface area contributed by atoms with Gasteiger partial charge in [0.25, 0.3) is 11.6 Å². The van der Waals surface area contributed by atoms with Gasteiger partial charge in [-0.3, -0.25) is 14.9 Å². The van der Waals surface area contributed by atoms with Crippen molar-refractivity contribution in [3.63, 3.8) is 0 Å². The molecular formula is C28H25N9O7. The summed E-state index contributed by atoms with van der Waals surface area (Å²) in [6, 6.07) is 18.7. The van der Waals surface area contributed by atoms with Crippen LogP contribution in [0.4, 0.5) is 11.5 Å². The zero-order valence-corrected chi connectivity index (χ0v) is 23.4. The van der Waals surface area contributed by atoms with E-state index in [0.717, 1.165) is 0 Å². The number of nitro benzene ring substituents is 1. The molecular weight excluding hydrogens is 574 g/mol. The number of amides is 1. The highest BCUT2D eigenvalue weighted by atomic mass is 16.6. The molecule has 0 atom stereocenters. The quantitative estimate of drug-likeness (QED) is 0.120. The molecule has 3 N–H and O–H groups in total. The molecule has 0 radical (unpaired) electrons. The van der Waals surface area contributed by atoms with Gasteiger partial charge < -0.3 is 19.9 Å². The number of carbonyl (C=O) groups is 1. The molecule has 0 saturated heterocycles. The lowest BCUT2D eigenvalue weighted by atomic mass is 10.1. The molecule has 0 aliphatic carbocycles. The third kappa shape index (κ3) is 6.59. The Morgan fingerprint density at radius 1 is 1.09 bits per heavy atom. The van der Waals surface area contributed by atoms with Crippen LogP contribution in [0.3, 0.4) is 0 Å². The van der Waals surface area contributed by atoms with Crippen LogP contribution < -0.4 is 25.4 Å². The maximum absolute atomic E-state index is 13.1. The summed E-state index contributed by atoms with van der Waals surface area (Å²) in [5.41, 5.74) is 10.2. The summed E-state index contributed by atoms with van der Waals surface area (Å²) in [6.45, 7) is 1.64. The van der Waals surface area contributed by atoms with Crippen molar-refractivity contribution in [2.45, 2.75) is 20.1 Å². The predicted molar refractivity (Wildman–Crippen MR) is 155 cm³/mol. The molecule has 5 aromatic rings. The third-order valence-corrected chi connectivity index (χ3v) is 6.24. The maximum atomic E-state index is 13.1. The van der Waals surface area contributed by atoms with E-state index < -0.39 is 10.8 Å². The van der Waals surface area contributed by atoms with E-state index in [9.17, 15) is 14.9 Å². The van der Waals surface area contributed by atoms with Crippen molar-refractivity contribution < 1.29 is 28.6 Å². The highest BCUT2D eigenvalue weighted by Crippen LogP contribution is 2.26. The molecule has 3 aromatic carbocycles. The van der Waals surface area contributed by atoms with Crippen LogP contribution in [0.5, 0.6) is 17.2 Å². The Morgan fingerprint density at radius 3 is 2.59 bits per heavy atom. The number of hydrogen-bond acceptors (Lipinski definition) is 13. The second kappa shape index (κ2) is 13.1. The molecule has 0 aliphatic rings. The van der Waals surface area contributed by atoms with Gasteiger partial charge in [-0.1, -0.05) is 23.4 Å². The summed E-state index contributed by atoms with van der Waals surface area (Å²) in [5, 5.41) is 30.4. The molecule has 5 rings (SSSR count). The van der Waals surface area contributed by atoms with Gasteiger partial charge >= 0.3 is 0 Å². The largest absolute Gasteiger partial charge is 0.496 e. The first kappa shape index (κ1) is 29.2. The summed E-state index contributed by atoms with van der Waals surface area (Å²) in [4.78, 5) is 23.7. The van der Waals surface area contributed by atoms with Gasteiger partial charge in [-0.15, -0.1) is 5.10 Å². The first-order valence-corrected chi connectivity index (χ1v) is 12.9. The minimum absolute atomic E-state index is 0.00728. The number of nitrogen functional groups attached to an aromatic ring is 1. The number of hydrazone groups is 1. The molecule has 0 fully saturated rings. The first-order chi connectivity index (χ1) is 21.3. The number of carbonyl (C=O) groups excluding carboxylic acids is 1. The van der Waals surface area contributed by atoms with E-state index >= 15 is 0 Å². The number of aromatic nitrogens is 5. The SMILES string of the molecule is COc1ccc(/C=N\NC(=O)c2nnn(-c3nonc3N)c2COc2ccccc2)cc1COc1ccc([N+](=O)[O-])c(C)c1. The molecule has 44 heavy (non-hydrogen) atoms. The number of nitrogens with one attached hydrogen (secondary N) is 1. The fourth-order valence-corrected chi connectivity index (χ4v) is 4.08. The summed E-state index contributed by atoms with van der Waals surface area (Å²) >= 11 is 0. The van der Waals surface area contributed by atoms with Crippen LogP contribution in [0.25, 0.3) is 5.82 Å². The monoisotopic (exact) mass is 599 g/mol. The minimum atomic E-state index is -0.667. The topological polar surface area (TPSA) is 208 Å². The number of nitro groups is 1. The average Bonchev–Trinajstić information content (AvgIpc) is 3.64. The Hall–Kier alpha value is -6.32. The zero-order chi connectivity index (χ0) is 31.1. The molecule has 2 aromatic heterocycles. The Bertz CT molecular complexity index is 1820. The predicted octanol–water partition coefficient (Wildman–Crippen LogP) is 3.38. The van der Waals surface area contributed by atoms with Crippen LogP contribution >= 0.6 is 0 Å². The van der Waals surface area contributed by atoms with Gasteiger partial charge in [0.2, 0.25) is 11.6 Å². The Kier molecular flexibility index (Phi) is 8.70. The fourth-order valence-electron chi connectivity index (χ4n) is 4.08. The summed E-state index contributed by atoms with van der Waals surface area (Å²) < 4.78 is 23.0. The van der Waals surface area contributed by atoms with Crippen molar-refractivity contribution in [1.82, 2.24) is 30.7 Å². The van der Waals surface area contributed by atoms with E-state index in [1.165, 1.54) is 30.1 Å². The fraction of sp³-hybridized carbons (Fsp3) is 0.143. The number of hydrogen-bond donors (Lipinski definition) is 2. The van der Waals surface area contributed by atoms with Crippen molar-refractivity contribution in [3.8, 4) is 23.1 Å². The Labute approximate surface area is 249 Å². The number of anilines is 1. The van der Waals surface area contributed by atoms with Crippen molar-refractivity contribution in [2.75, 3.05) is 12.8 Å². The van der Waals surface area contributed by atoms with Crippen LogP contribution in [0.15, 0.2) is 76.5 Å². The third-order valence-electron chi connectivity index (χ3n) is 6.24. The van der Waals surface area contributed by atoms with Crippen LogP contribution in [-0.4, -0.2) is 49.5 Å². The summed E-state index contributed by atoms with van der Waals surface area (Å²) in [5.74, 6) is 0.905. The molecule has 1 amide bonds. The van der Waals surface area contributed by atoms with Crippen LogP contribution in [0.1, 0.15) is 32.9 Å². The van der Waals surface area contributed by atoms with Crippen molar-refractivity contribution >= 4 is 23.6 Å². The van der Waals surface area contributed by atoms with E-state index in [-0.39, 0.29) is 41.9 Å². The lowest BCUT2D eigenvalue weighted by Crippen LogP contribution is -2.21. The zero-order valence-electron chi connectivity index (χ0n) is 23.4. The van der Waals surface area contributed by atoms with E-state index in [4.69, 9.17) is 19.9 Å². The van der Waals surface area contributed by atoms with Crippen molar-refractivity contribution in [1.29, 1.82) is 0 Å². The number of methoxy groups -OCH3 is 1. The van der Waals surface area contributed by atoms with Gasteiger partial charge in [0.15, 0.2) is 5.69 Å². The number of nitrogens with two attached hydrogens (primary N) is 1. The first-order valence-electron chi connectivity index (χ1n) is 12.9. The highest BCUT2D eigenvalue weighted by molar-refractivity contribution is 5.94. The van der Waals surface area contributed by atoms with E-state index in [2.05, 4.69) is 35.8 Å². The second-order valence-corrected chi connectivity index (χ2v) is 9.14. The molecule has 0 spiro atoms. The Balaban J connectivity index is 1.30. The van der Waals surface area contributed by atoms with Gasteiger partial charge in [0.1, 0.15) is 36.2 Å². The molecule has 0 aliphatic heterocycles. The smallest absolute Gasteiger partial charge is 0.293 e. The molecule has 16 heteroatoms. The molecule has 224 valence electrons. The van der Waals surface area contributed by atoms with Crippen molar-refractivity contribution in [3.05, 3.63) is 105 Å². The molecule has 2 heterocycles. The number of benzene rings is 3. The lowest BCUT2D eigenvalue weighted by Gasteiger charge is -2.11. The van der Waals surface area contributed by atoms with Gasteiger partial charge in [-0.25, -0.2) is 10.1 Å². The van der Waals surface area contributed by atoms with E-state index in [1.807, 2.05) is 6.07 Å². The lowest BCUT2D eigenvalue weighted by molar-refractivity contribution is -0.385. The second-order valence-electron chi connectivity index (χ2n) is 9.14. The minimum Gasteiger partial charge on any atom is -0.496 e. The number of rotatable bonds is 12. The van der Waals surface area contributed by atoms with Gasteiger partial charge in [-0.2, -0.15) is 9.78 Å². The molecule has 0 unspecified atom stereocenters. The summed E-state index contributed by atoms with van der Waals surface area (Å²) in [6.07, 6.45) is 1.43. The summed E-state index contributed by atoms with van der Waals surface area (Å²) in [7, 11) is 1.53. The van der Waals surface area contributed by atoms with Crippen molar-refractivity contribution in [2.24, 2.45) is 5.10 Å². The van der Waals surface area contributed by atoms with Crippen LogP contribution in [0, 0.1) is 17.0 Å². The molecule has 0 bridgehead atoms. The number of ether oxygens (including phenoxy) is 3. The van der Waals surface area contributed by atoms with Gasteiger partial charge in [0.05, 0.1) is 18.2 Å². The number of nitrogens with zero attached hydrogens (tertiary/aromatic N) is 7. The van der Waals surface area contributed by atoms with Crippen LogP contribution in [-0.2, 0) is 13.2 Å². The number of para-hydroxylation sites is 1. The average molecular weight is 600 g/mol. The molecule has 0 saturated carbocycles. The standard InChI is InChI=1S/C28H25N9O7/c1-17-12-21(9-10-22(17)37(39)40)42-15-19-13-18(8-11-24(19)41-2)14-30-32-28(38)25-23(16-43-20-6-4-3-5-7-20)36(35-31-25)27-26(29)33-44-34-27/h3-14H,15-16H2,1-2H3,(H2,29,33)(H,32,38)/b30-14-.